The van der Waals surface area contributed by atoms with E-state index in [4.69, 9.17) is 10.4 Å². The molecule has 0 radical (unpaired) electrons. The molecule has 1 saturated heterocycles. The van der Waals surface area contributed by atoms with Crippen LogP contribution in [0.3, 0.4) is 0 Å². The molecule has 5 nitrogen and oxygen atoms in total. The number of fused-ring (bicyclic) bond motifs is 1. The number of aromatic nitrogens is 2. The van der Waals surface area contributed by atoms with Crippen molar-refractivity contribution in [3.05, 3.63) is 41.1 Å². The third-order valence-electron chi connectivity index (χ3n) is 5.09. The molecule has 0 saturated carbocycles. The predicted molar refractivity (Wildman–Crippen MR) is 94.5 cm³/mol. The summed E-state index contributed by atoms with van der Waals surface area (Å²) < 4.78 is 2.01. The van der Waals surface area contributed by atoms with Crippen LogP contribution in [0.4, 0.5) is 5.82 Å². The molecule has 0 bridgehead atoms. The van der Waals surface area contributed by atoms with Gasteiger partial charge in [-0.15, -0.1) is 0 Å². The zero-order valence-corrected chi connectivity index (χ0v) is 14.0. The predicted octanol–water partition coefficient (Wildman–Crippen LogP) is 2.74. The summed E-state index contributed by atoms with van der Waals surface area (Å²) in [7, 11) is 0. The van der Waals surface area contributed by atoms with Gasteiger partial charge in [-0.3, -0.25) is 0 Å². The van der Waals surface area contributed by atoms with E-state index >= 15 is 0 Å². The second-order valence-electron chi connectivity index (χ2n) is 6.67. The van der Waals surface area contributed by atoms with Crippen molar-refractivity contribution < 1.29 is 0 Å². The van der Waals surface area contributed by atoms with E-state index in [1.165, 1.54) is 43.6 Å². The third kappa shape index (κ3) is 2.90. The molecular weight excluding hydrogens is 298 g/mol. The third-order valence-corrected chi connectivity index (χ3v) is 5.09. The highest BCUT2D eigenvalue weighted by atomic mass is 15.3. The molecule has 5 heteroatoms. The van der Waals surface area contributed by atoms with Crippen molar-refractivity contribution in [2.45, 2.75) is 32.1 Å². The molecule has 2 aromatic rings. The zero-order chi connectivity index (χ0) is 16.4. The van der Waals surface area contributed by atoms with Crippen molar-refractivity contribution >= 4 is 5.82 Å². The SMILES string of the molecule is N#Cc1ccc(-n2nc(CCN3CCCCC3)c3c2NCC3)cc1. The number of nitriles is 1. The van der Waals surface area contributed by atoms with Gasteiger partial charge in [0.05, 0.1) is 23.0 Å². The van der Waals surface area contributed by atoms with E-state index in [0.717, 1.165) is 37.4 Å². The fourth-order valence-corrected chi connectivity index (χ4v) is 3.76. The molecule has 1 aromatic carbocycles. The minimum Gasteiger partial charge on any atom is -0.369 e. The second-order valence-corrected chi connectivity index (χ2v) is 6.67. The van der Waals surface area contributed by atoms with E-state index in [0.29, 0.717) is 5.56 Å². The lowest BCUT2D eigenvalue weighted by atomic mass is 10.1. The Bertz CT molecular complexity index is 747. The Labute approximate surface area is 142 Å². The van der Waals surface area contributed by atoms with Crippen LogP contribution in [-0.2, 0) is 12.8 Å². The Balaban J connectivity index is 1.56. The van der Waals surface area contributed by atoms with E-state index in [9.17, 15) is 0 Å². The van der Waals surface area contributed by atoms with E-state index in [-0.39, 0.29) is 0 Å². The number of anilines is 1. The largest absolute Gasteiger partial charge is 0.369 e. The molecule has 4 rings (SSSR count). The zero-order valence-electron chi connectivity index (χ0n) is 14.0. The Morgan fingerprint density at radius 1 is 1.12 bits per heavy atom. The molecule has 124 valence electrons. The van der Waals surface area contributed by atoms with Gasteiger partial charge < -0.3 is 10.2 Å². The van der Waals surface area contributed by atoms with Crippen LogP contribution in [0.2, 0.25) is 0 Å². The van der Waals surface area contributed by atoms with Crippen molar-refractivity contribution in [1.82, 2.24) is 14.7 Å². The van der Waals surface area contributed by atoms with Crippen LogP contribution < -0.4 is 5.32 Å². The van der Waals surface area contributed by atoms with Crippen molar-refractivity contribution in [1.29, 1.82) is 5.26 Å². The molecule has 0 unspecified atom stereocenters. The average Bonchev–Trinajstić information content (AvgIpc) is 3.24. The van der Waals surface area contributed by atoms with Crippen LogP contribution in [0.15, 0.2) is 24.3 Å². The molecule has 0 spiro atoms. The highest BCUT2D eigenvalue weighted by Crippen LogP contribution is 2.29. The Morgan fingerprint density at radius 2 is 1.92 bits per heavy atom. The molecule has 1 aromatic heterocycles. The first-order valence-electron chi connectivity index (χ1n) is 8.93. The van der Waals surface area contributed by atoms with Crippen molar-refractivity contribution in [2.24, 2.45) is 0 Å². The number of nitrogens with one attached hydrogen (secondary N) is 1. The Hall–Kier alpha value is -2.32. The summed E-state index contributed by atoms with van der Waals surface area (Å²) in [6.07, 6.45) is 6.12. The first-order valence-corrected chi connectivity index (χ1v) is 8.93. The van der Waals surface area contributed by atoms with E-state index < -0.39 is 0 Å². The molecule has 2 aliphatic heterocycles. The fraction of sp³-hybridized carbons (Fsp3) is 0.474. The minimum atomic E-state index is 0.681. The number of nitrogens with zero attached hydrogens (tertiary/aromatic N) is 4. The Kier molecular flexibility index (Phi) is 4.22. The van der Waals surface area contributed by atoms with Gasteiger partial charge in [0.25, 0.3) is 0 Å². The summed E-state index contributed by atoms with van der Waals surface area (Å²) in [5, 5.41) is 17.3. The molecular formula is C19H23N5. The molecule has 3 heterocycles. The maximum Gasteiger partial charge on any atom is 0.133 e. The van der Waals surface area contributed by atoms with Gasteiger partial charge in [0.15, 0.2) is 0 Å². The van der Waals surface area contributed by atoms with Gasteiger partial charge in [-0.2, -0.15) is 10.4 Å². The smallest absolute Gasteiger partial charge is 0.133 e. The van der Waals surface area contributed by atoms with E-state index in [2.05, 4.69) is 16.3 Å². The summed E-state index contributed by atoms with van der Waals surface area (Å²) in [4.78, 5) is 2.57. The summed E-state index contributed by atoms with van der Waals surface area (Å²) in [6, 6.07) is 9.82. The van der Waals surface area contributed by atoms with E-state index in [1.807, 2.05) is 28.9 Å². The number of hydrogen-bond acceptors (Lipinski definition) is 4. The summed E-state index contributed by atoms with van der Waals surface area (Å²) >= 11 is 0. The molecule has 0 aliphatic carbocycles. The topological polar surface area (TPSA) is 56.9 Å². The number of benzene rings is 1. The summed E-state index contributed by atoms with van der Waals surface area (Å²) in [5.41, 5.74) is 4.30. The van der Waals surface area contributed by atoms with Crippen molar-refractivity contribution in [3.63, 3.8) is 0 Å². The average molecular weight is 321 g/mol. The second kappa shape index (κ2) is 6.66. The van der Waals surface area contributed by atoms with Gasteiger partial charge in [0, 0.05) is 25.1 Å². The van der Waals surface area contributed by atoms with Crippen LogP contribution >= 0.6 is 0 Å². The standard InChI is InChI=1S/C19H23N5/c20-14-15-4-6-16(7-5-15)24-19-17(8-10-21-19)18(22-24)9-13-23-11-2-1-3-12-23/h4-7,21H,1-3,8-13H2. The normalized spacial score (nSPS) is 17.3. The number of rotatable bonds is 4. The Morgan fingerprint density at radius 3 is 2.67 bits per heavy atom. The van der Waals surface area contributed by atoms with Crippen LogP contribution in [0.1, 0.15) is 36.1 Å². The van der Waals surface area contributed by atoms with Crippen LogP contribution in [0.5, 0.6) is 0 Å². The number of hydrogen-bond donors (Lipinski definition) is 1. The van der Waals surface area contributed by atoms with Crippen LogP contribution in [0, 0.1) is 11.3 Å². The molecule has 24 heavy (non-hydrogen) atoms. The first kappa shape index (κ1) is 15.2. The van der Waals surface area contributed by atoms with Crippen molar-refractivity contribution in [2.75, 3.05) is 31.5 Å². The van der Waals surface area contributed by atoms with Gasteiger partial charge in [-0.25, -0.2) is 4.68 Å². The quantitative estimate of drug-likeness (QED) is 0.941. The number of likely N-dealkylation sites (tertiary alicyclic amines) is 1. The molecule has 2 aliphatic rings. The lowest BCUT2D eigenvalue weighted by Gasteiger charge is -2.26. The number of piperidine rings is 1. The van der Waals surface area contributed by atoms with Gasteiger partial charge in [-0.05, 0) is 56.6 Å². The van der Waals surface area contributed by atoms with Gasteiger partial charge >= 0.3 is 0 Å². The van der Waals surface area contributed by atoms with Crippen LogP contribution in [0.25, 0.3) is 5.69 Å². The first-order chi connectivity index (χ1) is 11.8. The monoisotopic (exact) mass is 321 g/mol. The molecule has 0 atom stereocenters. The highest BCUT2D eigenvalue weighted by molar-refractivity contribution is 5.57. The van der Waals surface area contributed by atoms with E-state index in [1.54, 1.807) is 0 Å². The lowest BCUT2D eigenvalue weighted by Crippen LogP contribution is -2.31. The maximum absolute atomic E-state index is 8.96. The minimum absolute atomic E-state index is 0.681. The highest BCUT2D eigenvalue weighted by Gasteiger charge is 2.23. The van der Waals surface area contributed by atoms with Gasteiger partial charge in [0.1, 0.15) is 5.82 Å². The maximum atomic E-state index is 8.96. The summed E-state index contributed by atoms with van der Waals surface area (Å²) in [5.74, 6) is 1.13. The lowest BCUT2D eigenvalue weighted by molar-refractivity contribution is 0.230. The molecule has 1 fully saturated rings. The fourth-order valence-electron chi connectivity index (χ4n) is 3.76. The summed E-state index contributed by atoms with van der Waals surface area (Å²) in [6.45, 7) is 4.56. The van der Waals surface area contributed by atoms with Crippen molar-refractivity contribution in [3.8, 4) is 11.8 Å². The molecule has 0 amide bonds. The van der Waals surface area contributed by atoms with Gasteiger partial charge in [0.2, 0.25) is 0 Å². The van der Waals surface area contributed by atoms with Gasteiger partial charge in [-0.1, -0.05) is 6.42 Å². The van der Waals surface area contributed by atoms with Crippen LogP contribution in [-0.4, -0.2) is 40.9 Å². The molecule has 1 N–H and O–H groups in total.